The van der Waals surface area contributed by atoms with Crippen LogP contribution >= 0.6 is 0 Å². The van der Waals surface area contributed by atoms with Crippen LogP contribution in [0, 0.1) is 0 Å². The molecule has 1 aromatic carbocycles. The molecule has 0 saturated carbocycles. The highest BCUT2D eigenvalue weighted by molar-refractivity contribution is 5.77. The van der Waals surface area contributed by atoms with Gasteiger partial charge in [-0.3, -0.25) is 0 Å². The lowest BCUT2D eigenvalue weighted by Crippen LogP contribution is -2.21. The summed E-state index contributed by atoms with van der Waals surface area (Å²) < 4.78 is 2.20. The van der Waals surface area contributed by atoms with Gasteiger partial charge in [0, 0.05) is 25.0 Å². The number of benzene rings is 1. The zero-order chi connectivity index (χ0) is 14.2. The number of fused-ring (bicyclic) bond motifs is 1. The van der Waals surface area contributed by atoms with Crippen LogP contribution in [0.25, 0.3) is 11.0 Å². The van der Waals surface area contributed by atoms with E-state index in [1.807, 2.05) is 0 Å². The van der Waals surface area contributed by atoms with E-state index < -0.39 is 0 Å². The molecule has 0 atom stereocenters. The third-order valence-electron chi connectivity index (χ3n) is 3.33. The lowest BCUT2D eigenvalue weighted by molar-refractivity contribution is 0.526. The van der Waals surface area contributed by atoms with Gasteiger partial charge >= 0.3 is 0 Å². The smallest absolute Gasteiger partial charge is 0.115 e. The summed E-state index contributed by atoms with van der Waals surface area (Å²) in [5.41, 5.74) is 3.66. The number of hydrogen-bond acceptors (Lipinski definition) is 2. The van der Waals surface area contributed by atoms with Crippen molar-refractivity contribution in [1.82, 2.24) is 14.9 Å². The molecular formula is C16H25N3. The predicted molar refractivity (Wildman–Crippen MR) is 81.4 cm³/mol. The molecule has 1 N–H and O–H groups in total. The maximum atomic E-state index is 4.81. The van der Waals surface area contributed by atoms with E-state index in [9.17, 15) is 0 Å². The van der Waals surface area contributed by atoms with Gasteiger partial charge in [-0.05, 0) is 17.7 Å². The zero-order valence-corrected chi connectivity index (χ0v) is 12.9. The molecule has 1 aromatic heterocycles. The predicted octanol–water partition coefficient (Wildman–Crippen LogP) is 3.37. The Kier molecular flexibility index (Phi) is 3.68. The standard InChI is InChI=1S/C16H25N3/c1-11(2)17-10-12-7-8-14-13(9-12)18-15(19(14)6)16(3,4)5/h7-9,11,17H,10H2,1-6H3. The molecule has 19 heavy (non-hydrogen) atoms. The van der Waals surface area contributed by atoms with E-state index in [-0.39, 0.29) is 5.41 Å². The van der Waals surface area contributed by atoms with Gasteiger partial charge in [0.1, 0.15) is 5.82 Å². The Morgan fingerprint density at radius 3 is 2.53 bits per heavy atom. The number of aromatic nitrogens is 2. The van der Waals surface area contributed by atoms with Gasteiger partial charge in [0.15, 0.2) is 0 Å². The maximum Gasteiger partial charge on any atom is 0.115 e. The minimum Gasteiger partial charge on any atom is -0.331 e. The summed E-state index contributed by atoms with van der Waals surface area (Å²) in [6, 6.07) is 7.06. The van der Waals surface area contributed by atoms with Gasteiger partial charge in [-0.2, -0.15) is 0 Å². The molecule has 2 rings (SSSR count). The van der Waals surface area contributed by atoms with Crippen LogP contribution in [0.2, 0.25) is 0 Å². The number of aryl methyl sites for hydroxylation is 1. The SMILES string of the molecule is CC(C)NCc1ccc2c(c1)nc(C(C)(C)C)n2C. The Morgan fingerprint density at radius 2 is 1.95 bits per heavy atom. The van der Waals surface area contributed by atoms with E-state index in [0.29, 0.717) is 6.04 Å². The van der Waals surface area contributed by atoms with Crippen LogP contribution in [0.5, 0.6) is 0 Å². The van der Waals surface area contributed by atoms with Crippen LogP contribution in [0.4, 0.5) is 0 Å². The van der Waals surface area contributed by atoms with Gasteiger partial charge < -0.3 is 9.88 Å². The molecule has 0 fully saturated rings. The van der Waals surface area contributed by atoms with Crippen LogP contribution < -0.4 is 5.32 Å². The first kappa shape index (κ1) is 14.1. The van der Waals surface area contributed by atoms with Crippen molar-refractivity contribution in [2.24, 2.45) is 7.05 Å². The first-order valence-electron chi connectivity index (χ1n) is 6.98. The highest BCUT2D eigenvalue weighted by Gasteiger charge is 2.21. The number of nitrogens with zero attached hydrogens (tertiary/aromatic N) is 2. The average molecular weight is 259 g/mol. The normalized spacial score (nSPS) is 12.6. The number of hydrogen-bond donors (Lipinski definition) is 1. The van der Waals surface area contributed by atoms with Crippen LogP contribution in [-0.2, 0) is 19.0 Å². The molecule has 0 aliphatic carbocycles. The monoisotopic (exact) mass is 259 g/mol. The first-order chi connectivity index (χ1) is 8.79. The summed E-state index contributed by atoms with van der Waals surface area (Å²) in [4.78, 5) is 4.81. The third-order valence-corrected chi connectivity index (χ3v) is 3.33. The molecule has 0 unspecified atom stereocenters. The molecular weight excluding hydrogens is 234 g/mol. The molecule has 0 spiro atoms. The van der Waals surface area contributed by atoms with E-state index in [0.717, 1.165) is 17.9 Å². The van der Waals surface area contributed by atoms with Gasteiger partial charge in [-0.15, -0.1) is 0 Å². The third kappa shape index (κ3) is 2.98. The van der Waals surface area contributed by atoms with Crippen LogP contribution in [0.1, 0.15) is 46.0 Å². The summed E-state index contributed by atoms with van der Waals surface area (Å²) in [5, 5.41) is 3.44. The fourth-order valence-electron chi connectivity index (χ4n) is 2.35. The molecule has 3 nitrogen and oxygen atoms in total. The van der Waals surface area contributed by atoms with E-state index in [4.69, 9.17) is 4.98 Å². The Balaban J connectivity index is 2.39. The highest BCUT2D eigenvalue weighted by Crippen LogP contribution is 2.25. The zero-order valence-electron chi connectivity index (χ0n) is 12.9. The van der Waals surface area contributed by atoms with Gasteiger partial charge in [-0.1, -0.05) is 40.7 Å². The Morgan fingerprint density at radius 1 is 1.26 bits per heavy atom. The fraction of sp³-hybridized carbons (Fsp3) is 0.562. The quantitative estimate of drug-likeness (QED) is 0.916. The number of rotatable bonds is 3. The summed E-state index contributed by atoms with van der Waals surface area (Å²) in [6.45, 7) is 11.8. The van der Waals surface area contributed by atoms with Crippen molar-refractivity contribution in [1.29, 1.82) is 0 Å². The summed E-state index contributed by atoms with van der Waals surface area (Å²) in [7, 11) is 2.10. The molecule has 0 aliphatic rings. The average Bonchev–Trinajstić information content (AvgIpc) is 2.63. The van der Waals surface area contributed by atoms with Gasteiger partial charge in [0.05, 0.1) is 11.0 Å². The van der Waals surface area contributed by atoms with Crippen LogP contribution in [0.3, 0.4) is 0 Å². The van der Waals surface area contributed by atoms with Crippen molar-refractivity contribution in [3.05, 3.63) is 29.6 Å². The summed E-state index contributed by atoms with van der Waals surface area (Å²) in [5.74, 6) is 1.14. The topological polar surface area (TPSA) is 29.9 Å². The van der Waals surface area contributed by atoms with Crippen LogP contribution in [-0.4, -0.2) is 15.6 Å². The number of nitrogens with one attached hydrogen (secondary N) is 1. The number of imidazole rings is 1. The Hall–Kier alpha value is -1.35. The van der Waals surface area contributed by atoms with E-state index in [2.05, 4.69) is 69.7 Å². The second-order valence-electron chi connectivity index (χ2n) is 6.60. The van der Waals surface area contributed by atoms with Crippen molar-refractivity contribution >= 4 is 11.0 Å². The highest BCUT2D eigenvalue weighted by atomic mass is 15.1. The van der Waals surface area contributed by atoms with Gasteiger partial charge in [-0.25, -0.2) is 4.98 Å². The molecule has 1 heterocycles. The van der Waals surface area contributed by atoms with Crippen molar-refractivity contribution in [2.75, 3.05) is 0 Å². The molecule has 0 bridgehead atoms. The molecule has 0 aliphatic heterocycles. The minimum atomic E-state index is 0.0735. The molecule has 0 radical (unpaired) electrons. The molecule has 2 aromatic rings. The lowest BCUT2D eigenvalue weighted by atomic mass is 9.96. The van der Waals surface area contributed by atoms with E-state index in [1.54, 1.807) is 0 Å². The van der Waals surface area contributed by atoms with Crippen molar-refractivity contribution in [3.63, 3.8) is 0 Å². The Bertz CT molecular complexity index is 573. The van der Waals surface area contributed by atoms with Gasteiger partial charge in [0.2, 0.25) is 0 Å². The second-order valence-corrected chi connectivity index (χ2v) is 6.60. The van der Waals surface area contributed by atoms with E-state index >= 15 is 0 Å². The summed E-state index contributed by atoms with van der Waals surface area (Å²) >= 11 is 0. The minimum absolute atomic E-state index is 0.0735. The van der Waals surface area contributed by atoms with E-state index in [1.165, 1.54) is 11.1 Å². The fourth-order valence-corrected chi connectivity index (χ4v) is 2.35. The lowest BCUT2D eigenvalue weighted by Gasteiger charge is -2.17. The molecule has 0 saturated heterocycles. The molecule has 3 heteroatoms. The van der Waals surface area contributed by atoms with Crippen molar-refractivity contribution < 1.29 is 0 Å². The van der Waals surface area contributed by atoms with Gasteiger partial charge in [0.25, 0.3) is 0 Å². The molecule has 104 valence electrons. The maximum absolute atomic E-state index is 4.81. The second kappa shape index (κ2) is 4.97. The molecule has 0 amide bonds. The summed E-state index contributed by atoms with van der Waals surface area (Å²) in [6.07, 6.45) is 0. The van der Waals surface area contributed by atoms with Crippen LogP contribution in [0.15, 0.2) is 18.2 Å². The van der Waals surface area contributed by atoms with Crippen molar-refractivity contribution in [3.8, 4) is 0 Å². The first-order valence-corrected chi connectivity index (χ1v) is 6.98. The largest absolute Gasteiger partial charge is 0.331 e. The van der Waals surface area contributed by atoms with Crippen molar-refractivity contribution in [2.45, 2.75) is 52.6 Å². The Labute approximate surface area is 116 Å².